The minimum absolute atomic E-state index is 0.100. The minimum Gasteiger partial charge on any atom is -0.355 e. The van der Waals surface area contributed by atoms with Crippen LogP contribution >= 0.6 is 0 Å². The van der Waals surface area contributed by atoms with Crippen molar-refractivity contribution in [2.75, 3.05) is 6.54 Å². The molecule has 2 aromatic carbocycles. The van der Waals surface area contributed by atoms with Crippen molar-refractivity contribution in [1.29, 1.82) is 0 Å². The summed E-state index contributed by atoms with van der Waals surface area (Å²) in [5.41, 5.74) is 2.09. The molecule has 0 heterocycles. The lowest BCUT2D eigenvalue weighted by Gasteiger charge is -2.18. The van der Waals surface area contributed by atoms with Gasteiger partial charge in [-0.15, -0.1) is 0 Å². The third-order valence-electron chi connectivity index (χ3n) is 4.61. The summed E-state index contributed by atoms with van der Waals surface area (Å²) < 4.78 is 0. The van der Waals surface area contributed by atoms with E-state index < -0.39 is 0 Å². The fraction of sp³-hybridized carbons (Fsp3) is 0.435. The number of rotatable bonds is 11. The summed E-state index contributed by atoms with van der Waals surface area (Å²) >= 11 is 0. The number of hydrogen-bond donors (Lipinski definition) is 1. The van der Waals surface area contributed by atoms with E-state index in [0.29, 0.717) is 0 Å². The molecule has 0 spiro atoms. The van der Waals surface area contributed by atoms with Crippen LogP contribution in [0.5, 0.6) is 0 Å². The molecule has 2 aromatic rings. The van der Waals surface area contributed by atoms with E-state index in [4.69, 9.17) is 0 Å². The summed E-state index contributed by atoms with van der Waals surface area (Å²) in [7, 11) is 0. The monoisotopic (exact) mass is 337 g/mol. The van der Waals surface area contributed by atoms with Gasteiger partial charge in [0.25, 0.3) is 0 Å². The van der Waals surface area contributed by atoms with Crippen LogP contribution in [-0.4, -0.2) is 12.5 Å². The maximum atomic E-state index is 12.8. The molecule has 25 heavy (non-hydrogen) atoms. The molecule has 0 unspecified atom stereocenters. The quantitative estimate of drug-likeness (QED) is 0.525. The fourth-order valence-electron chi connectivity index (χ4n) is 3.18. The standard InChI is InChI=1S/C23H31NO/c1-2-3-4-5-6-7-14-19-24-23(25)22(20-15-10-8-11-16-20)21-17-12-9-13-18-21/h8-13,15-18,22H,2-7,14,19H2,1H3,(H,24,25). The Balaban J connectivity index is 1.85. The normalized spacial score (nSPS) is 10.8. The van der Waals surface area contributed by atoms with Gasteiger partial charge in [0.2, 0.25) is 5.91 Å². The third-order valence-corrected chi connectivity index (χ3v) is 4.61. The van der Waals surface area contributed by atoms with Crippen LogP contribution in [0.2, 0.25) is 0 Å². The van der Waals surface area contributed by atoms with Crippen LogP contribution in [0.3, 0.4) is 0 Å². The molecule has 0 atom stereocenters. The molecule has 0 aliphatic carbocycles. The van der Waals surface area contributed by atoms with Crippen LogP contribution in [0, 0.1) is 0 Å². The van der Waals surface area contributed by atoms with Gasteiger partial charge in [-0.1, -0.05) is 106 Å². The number of carbonyl (C=O) groups excluding carboxylic acids is 1. The zero-order valence-corrected chi connectivity index (χ0v) is 15.4. The molecule has 0 aliphatic rings. The van der Waals surface area contributed by atoms with E-state index in [0.717, 1.165) is 24.1 Å². The molecule has 2 heteroatoms. The second-order valence-electron chi connectivity index (χ2n) is 6.67. The van der Waals surface area contributed by atoms with E-state index >= 15 is 0 Å². The lowest BCUT2D eigenvalue weighted by molar-refractivity contribution is -0.121. The van der Waals surface area contributed by atoms with Crippen LogP contribution in [0.25, 0.3) is 0 Å². The highest BCUT2D eigenvalue weighted by Crippen LogP contribution is 2.24. The highest BCUT2D eigenvalue weighted by molar-refractivity contribution is 5.87. The van der Waals surface area contributed by atoms with Gasteiger partial charge >= 0.3 is 0 Å². The molecule has 0 aliphatic heterocycles. The Kier molecular flexibility index (Phi) is 8.82. The summed E-state index contributed by atoms with van der Waals surface area (Å²) in [6.07, 6.45) is 8.82. The van der Waals surface area contributed by atoms with Gasteiger partial charge in [0.15, 0.2) is 0 Å². The first-order chi connectivity index (χ1) is 12.3. The second kappa shape index (κ2) is 11.5. The van der Waals surface area contributed by atoms with Gasteiger partial charge in [-0.3, -0.25) is 4.79 Å². The molecule has 1 N–H and O–H groups in total. The van der Waals surface area contributed by atoms with Crippen LogP contribution < -0.4 is 5.32 Å². The maximum absolute atomic E-state index is 12.8. The molecular formula is C23H31NO. The van der Waals surface area contributed by atoms with Crippen LogP contribution in [0.1, 0.15) is 68.9 Å². The van der Waals surface area contributed by atoms with E-state index in [1.165, 1.54) is 38.5 Å². The molecule has 0 aromatic heterocycles. The zero-order valence-electron chi connectivity index (χ0n) is 15.4. The minimum atomic E-state index is -0.230. The predicted molar refractivity (Wildman–Crippen MR) is 106 cm³/mol. The molecule has 1 amide bonds. The van der Waals surface area contributed by atoms with Gasteiger partial charge in [-0.2, -0.15) is 0 Å². The first-order valence-corrected chi connectivity index (χ1v) is 9.70. The Hall–Kier alpha value is -2.09. The first kappa shape index (κ1) is 19.2. The van der Waals surface area contributed by atoms with Gasteiger partial charge in [0, 0.05) is 6.54 Å². The molecular weight excluding hydrogens is 306 g/mol. The van der Waals surface area contributed by atoms with E-state index in [9.17, 15) is 4.79 Å². The molecule has 134 valence electrons. The lowest BCUT2D eigenvalue weighted by Crippen LogP contribution is -2.30. The largest absolute Gasteiger partial charge is 0.355 e. The summed E-state index contributed by atoms with van der Waals surface area (Å²) in [5, 5.41) is 3.14. The van der Waals surface area contributed by atoms with E-state index in [-0.39, 0.29) is 11.8 Å². The van der Waals surface area contributed by atoms with Crippen molar-refractivity contribution in [3.05, 3.63) is 71.8 Å². The van der Waals surface area contributed by atoms with Crippen LogP contribution in [-0.2, 0) is 4.79 Å². The van der Waals surface area contributed by atoms with Crippen molar-refractivity contribution in [1.82, 2.24) is 5.32 Å². The van der Waals surface area contributed by atoms with Crippen molar-refractivity contribution in [3.63, 3.8) is 0 Å². The highest BCUT2D eigenvalue weighted by atomic mass is 16.1. The average Bonchev–Trinajstić information content (AvgIpc) is 2.66. The van der Waals surface area contributed by atoms with Crippen molar-refractivity contribution in [2.45, 2.75) is 57.8 Å². The molecule has 2 rings (SSSR count). The lowest BCUT2D eigenvalue weighted by atomic mass is 9.90. The van der Waals surface area contributed by atoms with Crippen LogP contribution in [0.15, 0.2) is 60.7 Å². The Morgan fingerprint density at radius 3 is 1.76 bits per heavy atom. The topological polar surface area (TPSA) is 29.1 Å². The number of unbranched alkanes of at least 4 members (excludes halogenated alkanes) is 6. The SMILES string of the molecule is CCCCCCCCCNC(=O)C(c1ccccc1)c1ccccc1. The number of amides is 1. The number of benzene rings is 2. The smallest absolute Gasteiger partial charge is 0.232 e. The summed E-state index contributed by atoms with van der Waals surface area (Å²) in [6, 6.07) is 20.1. The molecule has 2 nitrogen and oxygen atoms in total. The Morgan fingerprint density at radius 1 is 0.760 bits per heavy atom. The average molecular weight is 338 g/mol. The summed E-state index contributed by atoms with van der Waals surface area (Å²) in [6.45, 7) is 3.01. The second-order valence-corrected chi connectivity index (χ2v) is 6.67. The van der Waals surface area contributed by atoms with Gasteiger partial charge in [0.1, 0.15) is 0 Å². The Morgan fingerprint density at radius 2 is 1.24 bits per heavy atom. The van der Waals surface area contributed by atoms with E-state index in [2.05, 4.69) is 12.2 Å². The number of hydrogen-bond acceptors (Lipinski definition) is 1. The third kappa shape index (κ3) is 6.74. The maximum Gasteiger partial charge on any atom is 0.232 e. The predicted octanol–water partition coefficient (Wildman–Crippen LogP) is 5.69. The summed E-state index contributed by atoms with van der Waals surface area (Å²) in [5.74, 6) is -0.129. The molecule has 0 bridgehead atoms. The number of carbonyl (C=O) groups is 1. The fourth-order valence-corrected chi connectivity index (χ4v) is 3.18. The summed E-state index contributed by atoms with van der Waals surface area (Å²) in [4.78, 5) is 12.8. The highest BCUT2D eigenvalue weighted by Gasteiger charge is 2.21. The Labute approximate surface area is 152 Å². The van der Waals surface area contributed by atoms with Crippen LogP contribution in [0.4, 0.5) is 0 Å². The van der Waals surface area contributed by atoms with Crippen molar-refractivity contribution in [2.24, 2.45) is 0 Å². The molecule has 0 saturated carbocycles. The van der Waals surface area contributed by atoms with Crippen molar-refractivity contribution < 1.29 is 4.79 Å². The van der Waals surface area contributed by atoms with E-state index in [1.807, 2.05) is 60.7 Å². The molecule has 0 radical (unpaired) electrons. The zero-order chi connectivity index (χ0) is 17.7. The molecule has 0 saturated heterocycles. The molecule has 0 fully saturated rings. The van der Waals surface area contributed by atoms with E-state index in [1.54, 1.807) is 0 Å². The number of nitrogens with one attached hydrogen (secondary N) is 1. The van der Waals surface area contributed by atoms with Gasteiger partial charge in [-0.05, 0) is 17.5 Å². The van der Waals surface area contributed by atoms with Gasteiger partial charge in [0.05, 0.1) is 5.92 Å². The van der Waals surface area contributed by atoms with Crippen molar-refractivity contribution in [3.8, 4) is 0 Å². The van der Waals surface area contributed by atoms with Gasteiger partial charge < -0.3 is 5.32 Å². The van der Waals surface area contributed by atoms with Crippen molar-refractivity contribution >= 4 is 5.91 Å². The first-order valence-electron chi connectivity index (χ1n) is 9.70. The Bertz CT molecular complexity index is 555. The van der Waals surface area contributed by atoms with Gasteiger partial charge in [-0.25, -0.2) is 0 Å².